The Morgan fingerprint density at radius 2 is 1.74 bits per heavy atom. The van der Waals surface area contributed by atoms with Crippen molar-refractivity contribution in [2.24, 2.45) is 5.73 Å². The largest absolute Gasteiger partial charge is 0.478 e. The van der Waals surface area contributed by atoms with E-state index >= 15 is 0 Å². The summed E-state index contributed by atoms with van der Waals surface area (Å²) in [4.78, 5) is 28.0. The molecule has 1 amide bonds. The summed E-state index contributed by atoms with van der Waals surface area (Å²) in [5, 5.41) is 12.6. The number of benzene rings is 3. The van der Waals surface area contributed by atoms with Crippen LogP contribution >= 0.6 is 11.3 Å². The number of hydrogen-bond donors (Lipinski definition) is 3. The third-order valence-electron chi connectivity index (χ3n) is 4.90. The Balaban J connectivity index is 1.44. The van der Waals surface area contributed by atoms with Gasteiger partial charge >= 0.3 is 5.97 Å². The summed E-state index contributed by atoms with van der Waals surface area (Å²) in [7, 11) is 0. The molecule has 0 spiro atoms. The monoisotopic (exact) mass is 431 g/mol. The molecule has 0 aliphatic rings. The van der Waals surface area contributed by atoms with Crippen molar-refractivity contribution < 1.29 is 14.7 Å². The maximum Gasteiger partial charge on any atom is 0.335 e. The van der Waals surface area contributed by atoms with Crippen LogP contribution in [-0.4, -0.2) is 22.0 Å². The SMILES string of the molecule is NCc1cccc(-c2ccc3nc(CC(=O)NCc4cccc(C(=O)O)c4)sc3c2)c1. The molecule has 0 fully saturated rings. The van der Waals surface area contributed by atoms with Gasteiger partial charge in [-0.3, -0.25) is 4.79 Å². The fourth-order valence-corrected chi connectivity index (χ4v) is 4.33. The van der Waals surface area contributed by atoms with E-state index in [0.29, 0.717) is 6.54 Å². The summed E-state index contributed by atoms with van der Waals surface area (Å²) in [5.74, 6) is -1.15. The molecule has 0 aliphatic heterocycles. The minimum atomic E-state index is -0.989. The van der Waals surface area contributed by atoms with Crippen LogP contribution in [0.15, 0.2) is 66.7 Å². The van der Waals surface area contributed by atoms with Gasteiger partial charge in [0.25, 0.3) is 0 Å². The second-order valence-corrected chi connectivity index (χ2v) is 8.27. The van der Waals surface area contributed by atoms with Gasteiger partial charge < -0.3 is 16.2 Å². The van der Waals surface area contributed by atoms with E-state index in [1.807, 2.05) is 24.3 Å². The fraction of sp³-hybridized carbons (Fsp3) is 0.125. The molecule has 0 saturated carbocycles. The number of nitrogens with zero attached hydrogens (tertiary/aromatic N) is 1. The standard InChI is InChI=1S/C24H21N3O3S/c25-13-15-3-1-5-17(9-15)18-7-8-20-21(11-18)31-23(27-20)12-22(28)26-14-16-4-2-6-19(10-16)24(29)30/h1-11H,12-14,25H2,(H,26,28)(H,29,30). The van der Waals surface area contributed by atoms with Gasteiger partial charge in [-0.2, -0.15) is 0 Å². The van der Waals surface area contributed by atoms with Crippen LogP contribution in [0.2, 0.25) is 0 Å². The molecule has 0 saturated heterocycles. The van der Waals surface area contributed by atoms with E-state index in [1.165, 1.54) is 17.4 Å². The van der Waals surface area contributed by atoms with Crippen LogP contribution in [0.5, 0.6) is 0 Å². The molecule has 4 rings (SSSR count). The molecular formula is C24H21N3O3S. The predicted octanol–water partition coefficient (Wildman–Crippen LogP) is 3.98. The summed E-state index contributed by atoms with van der Waals surface area (Å²) < 4.78 is 1.02. The topological polar surface area (TPSA) is 105 Å². The van der Waals surface area contributed by atoms with Gasteiger partial charge in [0.05, 0.1) is 22.2 Å². The number of carbonyl (C=O) groups is 2. The highest BCUT2D eigenvalue weighted by Gasteiger charge is 2.11. The Kier molecular flexibility index (Phi) is 6.06. The minimum Gasteiger partial charge on any atom is -0.478 e. The molecule has 0 bridgehead atoms. The first kappa shape index (κ1) is 20.7. The first-order chi connectivity index (χ1) is 15.0. The second-order valence-electron chi connectivity index (χ2n) is 7.15. The number of nitrogens with one attached hydrogen (secondary N) is 1. The summed E-state index contributed by atoms with van der Waals surface area (Å²) in [6.45, 7) is 0.767. The average Bonchev–Trinajstić information content (AvgIpc) is 3.19. The number of aromatic carboxylic acids is 1. The van der Waals surface area contributed by atoms with Crippen molar-refractivity contribution in [3.05, 3.63) is 88.4 Å². The zero-order chi connectivity index (χ0) is 21.8. The predicted molar refractivity (Wildman–Crippen MR) is 122 cm³/mol. The summed E-state index contributed by atoms with van der Waals surface area (Å²) >= 11 is 1.50. The maximum atomic E-state index is 12.4. The van der Waals surface area contributed by atoms with Crippen molar-refractivity contribution in [2.75, 3.05) is 0 Å². The molecule has 4 aromatic rings. The number of carboxylic acid groups (broad SMARTS) is 1. The van der Waals surface area contributed by atoms with E-state index in [9.17, 15) is 9.59 Å². The van der Waals surface area contributed by atoms with Crippen LogP contribution in [-0.2, 0) is 24.3 Å². The first-order valence-corrected chi connectivity index (χ1v) is 10.6. The van der Waals surface area contributed by atoms with Crippen molar-refractivity contribution in [3.63, 3.8) is 0 Å². The summed E-state index contributed by atoms with van der Waals surface area (Å²) in [5.41, 5.74) is 10.8. The molecular weight excluding hydrogens is 410 g/mol. The molecule has 31 heavy (non-hydrogen) atoms. The van der Waals surface area contributed by atoms with Crippen LogP contribution in [0, 0.1) is 0 Å². The van der Waals surface area contributed by atoms with Crippen molar-refractivity contribution in [1.82, 2.24) is 10.3 Å². The number of thiazole rings is 1. The lowest BCUT2D eigenvalue weighted by atomic mass is 10.0. The minimum absolute atomic E-state index is 0.157. The number of carbonyl (C=O) groups excluding carboxylic acids is 1. The average molecular weight is 432 g/mol. The van der Waals surface area contributed by atoms with Gasteiger partial charge in [0.2, 0.25) is 5.91 Å². The van der Waals surface area contributed by atoms with Gasteiger partial charge in [-0.25, -0.2) is 9.78 Å². The second kappa shape index (κ2) is 9.07. The van der Waals surface area contributed by atoms with Gasteiger partial charge in [0.1, 0.15) is 5.01 Å². The molecule has 6 nitrogen and oxygen atoms in total. The van der Waals surface area contributed by atoms with Crippen LogP contribution in [0.25, 0.3) is 21.3 Å². The fourth-order valence-electron chi connectivity index (χ4n) is 3.32. The zero-order valence-corrected chi connectivity index (χ0v) is 17.5. The Morgan fingerprint density at radius 3 is 2.55 bits per heavy atom. The van der Waals surface area contributed by atoms with E-state index in [-0.39, 0.29) is 24.4 Å². The Bertz CT molecular complexity index is 1270. The number of nitrogens with two attached hydrogens (primary N) is 1. The number of hydrogen-bond acceptors (Lipinski definition) is 5. The van der Waals surface area contributed by atoms with Crippen LogP contribution in [0.3, 0.4) is 0 Å². The summed E-state index contributed by atoms with van der Waals surface area (Å²) in [6.07, 6.45) is 0.177. The highest BCUT2D eigenvalue weighted by atomic mass is 32.1. The van der Waals surface area contributed by atoms with Crippen molar-refractivity contribution >= 4 is 33.4 Å². The van der Waals surface area contributed by atoms with E-state index < -0.39 is 5.97 Å². The number of carboxylic acids is 1. The van der Waals surface area contributed by atoms with Crippen LogP contribution in [0.4, 0.5) is 0 Å². The third-order valence-corrected chi connectivity index (χ3v) is 5.92. The van der Waals surface area contributed by atoms with E-state index in [1.54, 1.807) is 18.2 Å². The van der Waals surface area contributed by atoms with Gasteiger partial charge in [-0.1, -0.05) is 36.4 Å². The normalized spacial score (nSPS) is 10.9. The molecule has 1 aromatic heterocycles. The molecule has 0 atom stereocenters. The Labute approximate surface area is 183 Å². The van der Waals surface area contributed by atoms with Crippen LogP contribution in [0.1, 0.15) is 26.5 Å². The Morgan fingerprint density at radius 1 is 0.968 bits per heavy atom. The maximum absolute atomic E-state index is 12.4. The van der Waals surface area contributed by atoms with Gasteiger partial charge in [0, 0.05) is 13.1 Å². The van der Waals surface area contributed by atoms with Crippen LogP contribution < -0.4 is 11.1 Å². The van der Waals surface area contributed by atoms with Gasteiger partial charge in [0.15, 0.2) is 0 Å². The first-order valence-electron chi connectivity index (χ1n) is 9.79. The van der Waals surface area contributed by atoms with E-state index in [0.717, 1.165) is 37.5 Å². The lowest BCUT2D eigenvalue weighted by Crippen LogP contribution is -2.24. The third kappa shape index (κ3) is 4.96. The van der Waals surface area contributed by atoms with Crippen molar-refractivity contribution in [2.45, 2.75) is 19.5 Å². The zero-order valence-electron chi connectivity index (χ0n) is 16.7. The van der Waals surface area contributed by atoms with E-state index in [2.05, 4.69) is 28.5 Å². The molecule has 1 heterocycles. The Hall–Kier alpha value is -3.55. The molecule has 4 N–H and O–H groups in total. The van der Waals surface area contributed by atoms with Gasteiger partial charge in [-0.15, -0.1) is 11.3 Å². The van der Waals surface area contributed by atoms with E-state index in [4.69, 9.17) is 10.8 Å². The smallest absolute Gasteiger partial charge is 0.335 e. The lowest BCUT2D eigenvalue weighted by Gasteiger charge is -2.05. The molecule has 3 aromatic carbocycles. The quantitative estimate of drug-likeness (QED) is 0.410. The highest BCUT2D eigenvalue weighted by molar-refractivity contribution is 7.18. The molecule has 0 unspecified atom stereocenters. The molecule has 156 valence electrons. The number of amides is 1. The lowest BCUT2D eigenvalue weighted by molar-refractivity contribution is -0.120. The van der Waals surface area contributed by atoms with Crippen molar-refractivity contribution in [1.29, 1.82) is 0 Å². The molecule has 0 aliphatic carbocycles. The number of aromatic nitrogens is 1. The summed E-state index contributed by atoms with van der Waals surface area (Å²) in [6, 6.07) is 20.7. The molecule has 0 radical (unpaired) electrons. The van der Waals surface area contributed by atoms with Crippen molar-refractivity contribution in [3.8, 4) is 11.1 Å². The number of fused-ring (bicyclic) bond motifs is 1. The van der Waals surface area contributed by atoms with Gasteiger partial charge in [-0.05, 0) is 52.6 Å². The molecule has 7 heteroatoms. The highest BCUT2D eigenvalue weighted by Crippen LogP contribution is 2.29. The number of rotatable bonds is 7.